The van der Waals surface area contributed by atoms with Crippen molar-refractivity contribution >= 4 is 0 Å². The van der Waals surface area contributed by atoms with E-state index < -0.39 is 0 Å². The van der Waals surface area contributed by atoms with Gasteiger partial charge in [0.15, 0.2) is 0 Å². The summed E-state index contributed by atoms with van der Waals surface area (Å²) in [6, 6.07) is 2.78. The van der Waals surface area contributed by atoms with Crippen LogP contribution in [-0.4, -0.2) is 15.3 Å². The Hall–Kier alpha value is -0.830. The fourth-order valence-electron chi connectivity index (χ4n) is 3.05. The number of hydrogen-bond donors (Lipinski definition) is 1. The van der Waals surface area contributed by atoms with Gasteiger partial charge in [-0.2, -0.15) is 5.10 Å². The number of hydrogen-bond acceptors (Lipinski definition) is 2. The summed E-state index contributed by atoms with van der Waals surface area (Å²) >= 11 is 0. The van der Waals surface area contributed by atoms with E-state index in [2.05, 4.69) is 37.7 Å². The molecule has 1 fully saturated rings. The third kappa shape index (κ3) is 3.59. The summed E-state index contributed by atoms with van der Waals surface area (Å²) in [6.45, 7) is 6.59. The lowest BCUT2D eigenvalue weighted by Gasteiger charge is -2.30. The molecule has 3 heteroatoms. The molecule has 1 aliphatic carbocycles. The molecule has 3 nitrogen and oxygen atoms in total. The molecule has 108 valence electrons. The van der Waals surface area contributed by atoms with Crippen LogP contribution in [0.5, 0.6) is 0 Å². The van der Waals surface area contributed by atoms with Gasteiger partial charge in [-0.25, -0.2) is 0 Å². The molecular weight excluding hydrogens is 234 g/mol. The summed E-state index contributed by atoms with van der Waals surface area (Å²) in [5, 5.41) is 4.77. The fraction of sp³-hybridized carbons (Fsp3) is 0.812. The van der Waals surface area contributed by atoms with Crippen LogP contribution in [0.25, 0.3) is 0 Å². The van der Waals surface area contributed by atoms with Crippen molar-refractivity contribution in [3.8, 4) is 0 Å². The normalized spacial score (nSPS) is 22.1. The molecule has 2 unspecified atom stereocenters. The Bertz CT molecular complexity index is 388. The smallest absolute Gasteiger partial charge is 0.0643 e. The van der Waals surface area contributed by atoms with Crippen LogP contribution >= 0.6 is 0 Å². The molecule has 0 aliphatic heterocycles. The van der Waals surface area contributed by atoms with Gasteiger partial charge in [-0.05, 0) is 31.7 Å². The van der Waals surface area contributed by atoms with E-state index in [-0.39, 0.29) is 5.54 Å². The van der Waals surface area contributed by atoms with Gasteiger partial charge >= 0.3 is 0 Å². The minimum absolute atomic E-state index is 0.152. The number of nitrogens with two attached hydrogens (primary N) is 1. The van der Waals surface area contributed by atoms with Crippen LogP contribution in [0, 0.1) is 5.92 Å². The second-order valence-corrected chi connectivity index (χ2v) is 6.57. The van der Waals surface area contributed by atoms with Crippen molar-refractivity contribution in [2.45, 2.75) is 77.3 Å². The molecule has 0 amide bonds. The van der Waals surface area contributed by atoms with E-state index in [9.17, 15) is 0 Å². The second-order valence-electron chi connectivity index (χ2n) is 6.57. The van der Waals surface area contributed by atoms with Crippen molar-refractivity contribution in [2.24, 2.45) is 11.7 Å². The first-order valence-electron chi connectivity index (χ1n) is 7.86. The number of aromatic nitrogens is 2. The predicted octanol–water partition coefficient (Wildman–Crippen LogP) is 3.69. The monoisotopic (exact) mass is 263 g/mol. The van der Waals surface area contributed by atoms with Crippen molar-refractivity contribution in [3.05, 3.63) is 18.0 Å². The minimum atomic E-state index is -0.152. The van der Waals surface area contributed by atoms with Crippen LogP contribution in [0.15, 0.2) is 12.3 Å². The largest absolute Gasteiger partial charge is 0.325 e. The van der Waals surface area contributed by atoms with Crippen molar-refractivity contribution in [3.63, 3.8) is 0 Å². The average Bonchev–Trinajstić information content (AvgIpc) is 2.86. The van der Waals surface area contributed by atoms with Gasteiger partial charge < -0.3 is 5.73 Å². The lowest BCUT2D eigenvalue weighted by molar-refractivity contribution is 0.298. The Morgan fingerprint density at radius 1 is 1.42 bits per heavy atom. The van der Waals surface area contributed by atoms with Gasteiger partial charge in [-0.3, -0.25) is 4.68 Å². The molecule has 0 radical (unpaired) electrons. The van der Waals surface area contributed by atoms with E-state index in [1.54, 1.807) is 0 Å². The molecule has 1 aromatic rings. The third-order valence-corrected chi connectivity index (χ3v) is 4.91. The highest BCUT2D eigenvalue weighted by molar-refractivity contribution is 5.06. The lowest BCUT2D eigenvalue weighted by Crippen LogP contribution is -2.45. The highest BCUT2D eigenvalue weighted by Crippen LogP contribution is 2.28. The molecule has 0 spiro atoms. The Kier molecular flexibility index (Phi) is 4.67. The van der Waals surface area contributed by atoms with Gasteiger partial charge in [0.05, 0.1) is 11.7 Å². The van der Waals surface area contributed by atoms with Crippen molar-refractivity contribution in [1.29, 1.82) is 0 Å². The van der Waals surface area contributed by atoms with Crippen LogP contribution < -0.4 is 5.73 Å². The molecule has 0 bridgehead atoms. The van der Waals surface area contributed by atoms with Crippen LogP contribution in [0.2, 0.25) is 0 Å². The van der Waals surface area contributed by atoms with E-state index in [0.29, 0.717) is 12.0 Å². The van der Waals surface area contributed by atoms with Crippen LogP contribution in [-0.2, 0) is 6.42 Å². The molecule has 1 aliphatic rings. The highest BCUT2D eigenvalue weighted by Gasteiger charge is 2.27. The average molecular weight is 263 g/mol. The second kappa shape index (κ2) is 6.08. The van der Waals surface area contributed by atoms with Gasteiger partial charge in [0.2, 0.25) is 0 Å². The Morgan fingerprint density at radius 3 is 2.74 bits per heavy atom. The first-order chi connectivity index (χ1) is 9.03. The van der Waals surface area contributed by atoms with Crippen LogP contribution in [0.3, 0.4) is 0 Å². The molecule has 2 N–H and O–H groups in total. The summed E-state index contributed by atoms with van der Waals surface area (Å²) in [5.74, 6) is 0.521. The summed E-state index contributed by atoms with van der Waals surface area (Å²) in [6.07, 6.45) is 10.8. The number of rotatable bonds is 5. The van der Waals surface area contributed by atoms with Gasteiger partial charge in [-0.15, -0.1) is 0 Å². The van der Waals surface area contributed by atoms with Crippen molar-refractivity contribution in [1.82, 2.24) is 9.78 Å². The Balaban J connectivity index is 2.00. The lowest BCUT2D eigenvalue weighted by atomic mass is 9.82. The van der Waals surface area contributed by atoms with Gasteiger partial charge in [-0.1, -0.05) is 39.5 Å². The van der Waals surface area contributed by atoms with E-state index in [4.69, 9.17) is 10.8 Å². The third-order valence-electron chi connectivity index (χ3n) is 4.91. The molecule has 1 heterocycles. The molecule has 19 heavy (non-hydrogen) atoms. The quantitative estimate of drug-likeness (QED) is 0.880. The minimum Gasteiger partial charge on any atom is -0.325 e. The SMILES string of the molecule is CCC(C)C(C)(N)Cc1ccn(C2CCCCC2)n1. The van der Waals surface area contributed by atoms with Gasteiger partial charge in [0.25, 0.3) is 0 Å². The highest BCUT2D eigenvalue weighted by atomic mass is 15.3. The van der Waals surface area contributed by atoms with Gasteiger partial charge in [0.1, 0.15) is 0 Å². The summed E-state index contributed by atoms with van der Waals surface area (Å²) in [7, 11) is 0. The van der Waals surface area contributed by atoms with E-state index in [0.717, 1.165) is 18.5 Å². The fourth-order valence-corrected chi connectivity index (χ4v) is 3.05. The van der Waals surface area contributed by atoms with Gasteiger partial charge in [0, 0.05) is 18.2 Å². The first-order valence-corrected chi connectivity index (χ1v) is 7.86. The maximum atomic E-state index is 6.44. The maximum Gasteiger partial charge on any atom is 0.0643 e. The topological polar surface area (TPSA) is 43.8 Å². The van der Waals surface area contributed by atoms with Crippen LogP contribution in [0.4, 0.5) is 0 Å². The Morgan fingerprint density at radius 2 is 2.11 bits per heavy atom. The van der Waals surface area contributed by atoms with E-state index >= 15 is 0 Å². The summed E-state index contributed by atoms with van der Waals surface area (Å²) in [4.78, 5) is 0. The van der Waals surface area contributed by atoms with Crippen molar-refractivity contribution in [2.75, 3.05) is 0 Å². The molecule has 0 aromatic carbocycles. The molecule has 1 aromatic heterocycles. The van der Waals surface area contributed by atoms with Crippen LogP contribution in [0.1, 0.15) is 71.0 Å². The van der Waals surface area contributed by atoms with Crippen molar-refractivity contribution < 1.29 is 0 Å². The molecule has 2 atom stereocenters. The zero-order valence-corrected chi connectivity index (χ0v) is 12.7. The molecular formula is C16H29N3. The zero-order chi connectivity index (χ0) is 13.9. The molecule has 2 rings (SSSR count). The number of nitrogens with zero attached hydrogens (tertiary/aromatic N) is 2. The summed E-state index contributed by atoms with van der Waals surface area (Å²) in [5.41, 5.74) is 7.44. The summed E-state index contributed by atoms with van der Waals surface area (Å²) < 4.78 is 2.18. The maximum absolute atomic E-state index is 6.44. The first kappa shape index (κ1) is 14.6. The Labute approximate surface area is 117 Å². The zero-order valence-electron chi connectivity index (χ0n) is 12.7. The van der Waals surface area contributed by atoms with E-state index in [1.807, 2.05) is 0 Å². The standard InChI is InChI=1S/C16H29N3/c1-4-13(2)16(3,17)12-14-10-11-19(18-14)15-8-6-5-7-9-15/h10-11,13,15H,4-9,12,17H2,1-3H3. The molecule has 1 saturated carbocycles. The predicted molar refractivity (Wildman–Crippen MR) is 80.1 cm³/mol. The van der Waals surface area contributed by atoms with E-state index in [1.165, 1.54) is 32.1 Å². The molecule has 0 saturated heterocycles.